The first-order chi connectivity index (χ1) is 8.11. The van der Waals surface area contributed by atoms with E-state index in [0.717, 1.165) is 6.07 Å². The highest BCUT2D eigenvalue weighted by atomic mass is 16.6. The molecular formula is C9H7N5O3. The lowest BCUT2D eigenvalue weighted by atomic mass is 10.1. The molecule has 1 heterocycles. The molecule has 0 unspecified atom stereocenters. The molecular weight excluding hydrogens is 226 g/mol. The predicted octanol–water partition coefficient (Wildman–Crippen LogP) is 0.766. The number of rotatable bonds is 2. The standard InChI is InChI=1S/C9H7N5O3/c10-9(13-4-11-12-5-13)6-2-1-3-7(8(6)15)14(16)17/h1-5,10,15H. The van der Waals surface area contributed by atoms with E-state index in [1.165, 1.54) is 29.4 Å². The SMILES string of the molecule is N=C(c1cccc([N+](=O)[O-])c1O)n1cnnc1. The molecule has 0 atom stereocenters. The molecule has 8 heteroatoms. The minimum atomic E-state index is -0.710. The van der Waals surface area contributed by atoms with Crippen molar-refractivity contribution in [3.63, 3.8) is 0 Å². The highest BCUT2D eigenvalue weighted by Crippen LogP contribution is 2.29. The lowest BCUT2D eigenvalue weighted by molar-refractivity contribution is -0.385. The van der Waals surface area contributed by atoms with E-state index in [4.69, 9.17) is 5.41 Å². The number of phenols is 1. The Morgan fingerprint density at radius 1 is 1.41 bits per heavy atom. The van der Waals surface area contributed by atoms with Crippen LogP contribution >= 0.6 is 0 Å². The average molecular weight is 233 g/mol. The molecule has 0 aliphatic carbocycles. The fourth-order valence-corrected chi connectivity index (χ4v) is 1.33. The molecule has 2 aromatic rings. The summed E-state index contributed by atoms with van der Waals surface area (Å²) in [4.78, 5) is 9.92. The van der Waals surface area contributed by atoms with Gasteiger partial charge < -0.3 is 5.11 Å². The molecule has 0 aliphatic heterocycles. The summed E-state index contributed by atoms with van der Waals surface area (Å²) in [5, 5.41) is 35.1. The highest BCUT2D eigenvalue weighted by Gasteiger charge is 2.19. The van der Waals surface area contributed by atoms with Crippen LogP contribution in [-0.2, 0) is 0 Å². The summed E-state index contributed by atoms with van der Waals surface area (Å²) in [6.45, 7) is 0. The summed E-state index contributed by atoms with van der Waals surface area (Å²) in [6, 6.07) is 3.97. The summed E-state index contributed by atoms with van der Waals surface area (Å²) in [7, 11) is 0. The van der Waals surface area contributed by atoms with E-state index >= 15 is 0 Å². The van der Waals surface area contributed by atoms with Gasteiger partial charge in [0, 0.05) is 6.07 Å². The quantitative estimate of drug-likeness (QED) is 0.343. The van der Waals surface area contributed by atoms with E-state index in [1.54, 1.807) is 0 Å². The van der Waals surface area contributed by atoms with E-state index in [9.17, 15) is 15.2 Å². The van der Waals surface area contributed by atoms with E-state index in [2.05, 4.69) is 10.2 Å². The van der Waals surface area contributed by atoms with Gasteiger partial charge in [-0.15, -0.1) is 10.2 Å². The molecule has 17 heavy (non-hydrogen) atoms. The number of aromatic hydroxyl groups is 1. The number of hydrogen-bond donors (Lipinski definition) is 2. The topological polar surface area (TPSA) is 118 Å². The summed E-state index contributed by atoms with van der Waals surface area (Å²) in [6.07, 6.45) is 2.53. The van der Waals surface area contributed by atoms with E-state index in [0.29, 0.717) is 0 Å². The second kappa shape index (κ2) is 4.00. The third-order valence-corrected chi connectivity index (χ3v) is 2.14. The first-order valence-corrected chi connectivity index (χ1v) is 4.51. The molecule has 86 valence electrons. The Balaban J connectivity index is 2.50. The molecule has 0 amide bonds. The second-order valence-electron chi connectivity index (χ2n) is 3.15. The van der Waals surface area contributed by atoms with Crippen LogP contribution in [0.3, 0.4) is 0 Å². The van der Waals surface area contributed by atoms with Gasteiger partial charge in [-0.1, -0.05) is 6.07 Å². The highest BCUT2D eigenvalue weighted by molar-refractivity contribution is 6.01. The molecule has 0 radical (unpaired) electrons. The first-order valence-electron chi connectivity index (χ1n) is 4.51. The number of nitro benzene ring substituents is 1. The van der Waals surface area contributed by atoms with Crippen LogP contribution in [-0.4, -0.2) is 30.6 Å². The van der Waals surface area contributed by atoms with Crippen LogP contribution in [0, 0.1) is 15.5 Å². The van der Waals surface area contributed by atoms with Crippen LogP contribution in [0.2, 0.25) is 0 Å². The predicted molar refractivity (Wildman–Crippen MR) is 57.0 cm³/mol. The maximum Gasteiger partial charge on any atom is 0.311 e. The Labute approximate surface area is 94.8 Å². The summed E-state index contributed by atoms with van der Waals surface area (Å²) < 4.78 is 1.23. The van der Waals surface area contributed by atoms with Crippen LogP contribution in [0.5, 0.6) is 5.75 Å². The molecule has 0 saturated heterocycles. The summed E-state index contributed by atoms with van der Waals surface area (Å²) >= 11 is 0. The van der Waals surface area contributed by atoms with Crippen molar-refractivity contribution in [1.29, 1.82) is 5.41 Å². The Morgan fingerprint density at radius 2 is 2.06 bits per heavy atom. The van der Waals surface area contributed by atoms with Gasteiger partial charge in [-0.25, -0.2) is 0 Å². The largest absolute Gasteiger partial charge is 0.502 e. The molecule has 0 fully saturated rings. The minimum Gasteiger partial charge on any atom is -0.502 e. The number of para-hydroxylation sites is 1. The number of benzene rings is 1. The van der Waals surface area contributed by atoms with Gasteiger partial charge in [0.1, 0.15) is 18.5 Å². The minimum absolute atomic E-state index is 0.0407. The van der Waals surface area contributed by atoms with Gasteiger partial charge in [0.25, 0.3) is 0 Å². The molecule has 2 N–H and O–H groups in total. The Kier molecular flexibility index (Phi) is 2.53. The van der Waals surface area contributed by atoms with Crippen molar-refractivity contribution >= 4 is 11.5 Å². The zero-order valence-corrected chi connectivity index (χ0v) is 8.44. The Morgan fingerprint density at radius 3 is 2.65 bits per heavy atom. The first kappa shape index (κ1) is 10.7. The van der Waals surface area contributed by atoms with Crippen molar-refractivity contribution < 1.29 is 10.0 Å². The molecule has 0 spiro atoms. The average Bonchev–Trinajstić information content (AvgIpc) is 2.81. The number of nitrogens with zero attached hydrogens (tertiary/aromatic N) is 4. The number of hydrogen-bond acceptors (Lipinski definition) is 6. The van der Waals surface area contributed by atoms with Crippen molar-refractivity contribution in [2.45, 2.75) is 0 Å². The van der Waals surface area contributed by atoms with Crippen molar-refractivity contribution in [1.82, 2.24) is 14.8 Å². The van der Waals surface area contributed by atoms with Crippen LogP contribution in [0.25, 0.3) is 0 Å². The lowest BCUT2D eigenvalue weighted by Gasteiger charge is -2.06. The number of nitrogens with one attached hydrogen (secondary N) is 1. The van der Waals surface area contributed by atoms with Crippen molar-refractivity contribution in [3.05, 3.63) is 46.5 Å². The molecule has 1 aromatic carbocycles. The molecule has 0 bridgehead atoms. The van der Waals surface area contributed by atoms with Crippen LogP contribution in [0.1, 0.15) is 5.56 Å². The molecule has 0 saturated carbocycles. The molecule has 2 rings (SSSR count). The van der Waals surface area contributed by atoms with E-state index < -0.39 is 16.4 Å². The van der Waals surface area contributed by atoms with Crippen molar-refractivity contribution in [2.75, 3.05) is 0 Å². The van der Waals surface area contributed by atoms with Crippen LogP contribution in [0.4, 0.5) is 5.69 Å². The van der Waals surface area contributed by atoms with Crippen molar-refractivity contribution in [2.24, 2.45) is 0 Å². The smallest absolute Gasteiger partial charge is 0.311 e. The van der Waals surface area contributed by atoms with Gasteiger partial charge in [-0.3, -0.25) is 20.1 Å². The lowest BCUT2D eigenvalue weighted by Crippen LogP contribution is -2.10. The summed E-state index contributed by atoms with van der Waals surface area (Å²) in [5.41, 5.74) is -0.403. The van der Waals surface area contributed by atoms with Gasteiger partial charge >= 0.3 is 5.69 Å². The Bertz CT molecular complexity index is 578. The zero-order chi connectivity index (χ0) is 12.4. The summed E-state index contributed by atoms with van der Waals surface area (Å²) in [5.74, 6) is -0.688. The fraction of sp³-hybridized carbons (Fsp3) is 0. The molecule has 1 aromatic heterocycles. The number of phenolic OH excluding ortho intramolecular Hbond substituents is 1. The fourth-order valence-electron chi connectivity index (χ4n) is 1.33. The number of nitro groups is 1. The van der Waals surface area contributed by atoms with Gasteiger partial charge in [0.15, 0.2) is 0 Å². The van der Waals surface area contributed by atoms with Gasteiger partial charge in [-0.2, -0.15) is 0 Å². The Hall–Kier alpha value is -2.77. The van der Waals surface area contributed by atoms with Crippen molar-refractivity contribution in [3.8, 4) is 5.75 Å². The van der Waals surface area contributed by atoms with Gasteiger partial charge in [0.2, 0.25) is 5.75 Å². The maximum absolute atomic E-state index is 10.6. The van der Waals surface area contributed by atoms with E-state index in [1.807, 2.05) is 0 Å². The maximum atomic E-state index is 10.6. The monoisotopic (exact) mass is 233 g/mol. The van der Waals surface area contributed by atoms with Crippen LogP contribution in [0.15, 0.2) is 30.9 Å². The zero-order valence-electron chi connectivity index (χ0n) is 8.44. The third kappa shape index (κ3) is 1.83. The van der Waals surface area contributed by atoms with E-state index in [-0.39, 0.29) is 11.4 Å². The van der Waals surface area contributed by atoms with Crippen LogP contribution < -0.4 is 0 Å². The molecule has 8 nitrogen and oxygen atoms in total. The van der Waals surface area contributed by atoms with Gasteiger partial charge in [-0.05, 0) is 6.07 Å². The normalized spacial score (nSPS) is 10.1. The second-order valence-corrected chi connectivity index (χ2v) is 3.15. The van der Waals surface area contributed by atoms with Gasteiger partial charge in [0.05, 0.1) is 10.5 Å². The number of aromatic nitrogens is 3. The molecule has 0 aliphatic rings. The third-order valence-electron chi connectivity index (χ3n) is 2.14.